The van der Waals surface area contributed by atoms with Crippen LogP contribution < -0.4 is 0 Å². The molecule has 3 heterocycles. The lowest BCUT2D eigenvalue weighted by molar-refractivity contribution is 0.112. The van der Waals surface area contributed by atoms with Crippen LogP contribution in [0.15, 0.2) is 29.9 Å². The van der Waals surface area contributed by atoms with Crippen molar-refractivity contribution in [3.05, 3.63) is 34.8 Å². The van der Waals surface area contributed by atoms with Crippen molar-refractivity contribution in [1.29, 1.82) is 0 Å². The van der Waals surface area contributed by atoms with Gasteiger partial charge in [0.25, 0.3) is 0 Å². The van der Waals surface area contributed by atoms with Gasteiger partial charge in [-0.1, -0.05) is 0 Å². The summed E-state index contributed by atoms with van der Waals surface area (Å²) in [5.41, 5.74) is 0.866. The molecule has 0 amide bonds. The first kappa shape index (κ1) is 9.62. The second kappa shape index (κ2) is 3.77. The Kier molecular flexibility index (Phi) is 2.27. The van der Waals surface area contributed by atoms with Crippen molar-refractivity contribution in [2.45, 2.75) is 0 Å². The molecule has 78 valence electrons. The smallest absolute Gasteiger partial charge is 0.161 e. The molecule has 0 aliphatic rings. The first-order valence-corrected chi connectivity index (χ1v) is 6.31. The minimum Gasteiger partial charge on any atom is -0.297 e. The molecule has 0 bridgehead atoms. The molecule has 0 unspecified atom stereocenters. The van der Waals surface area contributed by atoms with Gasteiger partial charge >= 0.3 is 0 Å². The highest BCUT2D eigenvalue weighted by molar-refractivity contribution is 7.19. The molecule has 0 aromatic carbocycles. The Morgan fingerprint density at radius 2 is 2.19 bits per heavy atom. The highest BCUT2D eigenvalue weighted by atomic mass is 32.1. The summed E-state index contributed by atoms with van der Waals surface area (Å²) in [5.74, 6) is 0. The Labute approximate surface area is 99.4 Å². The fourth-order valence-electron chi connectivity index (χ4n) is 1.50. The summed E-state index contributed by atoms with van der Waals surface area (Å²) in [6.07, 6.45) is 4.17. The highest BCUT2D eigenvalue weighted by Crippen LogP contribution is 2.32. The molecule has 0 spiro atoms. The monoisotopic (exact) mass is 246 g/mol. The molecule has 0 saturated heterocycles. The van der Waals surface area contributed by atoms with Gasteiger partial charge in [0.2, 0.25) is 0 Å². The van der Waals surface area contributed by atoms with Crippen molar-refractivity contribution in [3.8, 4) is 10.7 Å². The fraction of sp³-hybridized carbons (Fsp3) is 0. The Morgan fingerprint density at radius 3 is 3.00 bits per heavy atom. The molecule has 3 aromatic rings. The third-order valence-corrected chi connectivity index (χ3v) is 4.08. The van der Waals surface area contributed by atoms with Crippen molar-refractivity contribution in [2.75, 3.05) is 0 Å². The van der Waals surface area contributed by atoms with Gasteiger partial charge in [0.1, 0.15) is 10.7 Å². The Hall–Kier alpha value is -1.59. The molecule has 3 aromatic heterocycles. The number of nitrogens with zero attached hydrogens (tertiary/aromatic N) is 2. The SMILES string of the molecule is O=Cc1cnc(-c2nccc3ccsc23)s1. The van der Waals surface area contributed by atoms with Gasteiger partial charge in [0, 0.05) is 12.4 Å². The van der Waals surface area contributed by atoms with E-state index in [-0.39, 0.29) is 0 Å². The number of hydrogen-bond acceptors (Lipinski definition) is 5. The van der Waals surface area contributed by atoms with Gasteiger partial charge in [0.05, 0.1) is 9.58 Å². The van der Waals surface area contributed by atoms with Crippen molar-refractivity contribution in [1.82, 2.24) is 9.97 Å². The summed E-state index contributed by atoms with van der Waals surface area (Å²) in [6, 6.07) is 4.03. The van der Waals surface area contributed by atoms with Crippen LogP contribution in [0.5, 0.6) is 0 Å². The number of thiophene rings is 1. The van der Waals surface area contributed by atoms with Crippen molar-refractivity contribution in [2.24, 2.45) is 0 Å². The molecule has 0 aliphatic carbocycles. The van der Waals surface area contributed by atoms with E-state index in [1.165, 1.54) is 11.3 Å². The van der Waals surface area contributed by atoms with E-state index in [0.717, 1.165) is 27.1 Å². The summed E-state index contributed by atoms with van der Waals surface area (Å²) in [7, 11) is 0. The maximum atomic E-state index is 10.6. The minimum atomic E-state index is 0.630. The third kappa shape index (κ3) is 1.45. The quantitative estimate of drug-likeness (QED) is 0.652. The molecule has 5 heteroatoms. The van der Waals surface area contributed by atoms with Gasteiger partial charge in [-0.2, -0.15) is 0 Å². The molecule has 3 rings (SSSR count). The lowest BCUT2D eigenvalue weighted by Crippen LogP contribution is -1.80. The number of aldehydes is 1. The Balaban J connectivity index is 2.24. The number of thiazole rings is 1. The summed E-state index contributed by atoms with van der Waals surface area (Å²) < 4.78 is 1.12. The average molecular weight is 246 g/mol. The molecular weight excluding hydrogens is 240 g/mol. The predicted molar refractivity (Wildman–Crippen MR) is 66.1 cm³/mol. The molecular formula is C11H6N2OS2. The van der Waals surface area contributed by atoms with Crippen LogP contribution in [-0.4, -0.2) is 16.3 Å². The second-order valence-electron chi connectivity index (χ2n) is 3.18. The Morgan fingerprint density at radius 1 is 1.25 bits per heavy atom. The van der Waals surface area contributed by atoms with Gasteiger partial charge < -0.3 is 0 Å². The summed E-state index contributed by atoms with van der Waals surface area (Å²) in [5, 5.41) is 4.00. The molecule has 0 fully saturated rings. The van der Waals surface area contributed by atoms with Gasteiger partial charge in [0.15, 0.2) is 6.29 Å². The maximum Gasteiger partial charge on any atom is 0.161 e. The van der Waals surface area contributed by atoms with Gasteiger partial charge in [-0.15, -0.1) is 22.7 Å². The van der Waals surface area contributed by atoms with Crippen LogP contribution >= 0.6 is 22.7 Å². The van der Waals surface area contributed by atoms with Crippen LogP contribution in [0.1, 0.15) is 9.67 Å². The van der Waals surface area contributed by atoms with E-state index in [9.17, 15) is 4.79 Å². The highest BCUT2D eigenvalue weighted by Gasteiger charge is 2.10. The molecule has 0 aliphatic heterocycles. The zero-order valence-electron chi connectivity index (χ0n) is 8.08. The normalized spacial score (nSPS) is 10.8. The lowest BCUT2D eigenvalue weighted by atomic mass is 10.3. The zero-order chi connectivity index (χ0) is 11.0. The summed E-state index contributed by atoms with van der Waals surface area (Å²) in [6.45, 7) is 0. The number of aromatic nitrogens is 2. The molecule has 16 heavy (non-hydrogen) atoms. The van der Waals surface area contributed by atoms with Crippen LogP contribution in [-0.2, 0) is 0 Å². The van der Waals surface area contributed by atoms with Crippen molar-refractivity contribution in [3.63, 3.8) is 0 Å². The van der Waals surface area contributed by atoms with Crippen LogP contribution in [0.3, 0.4) is 0 Å². The predicted octanol–water partition coefficient (Wildman–Crippen LogP) is 3.23. The summed E-state index contributed by atoms with van der Waals surface area (Å²) >= 11 is 3.01. The number of pyridine rings is 1. The number of fused-ring (bicyclic) bond motifs is 1. The Bertz CT molecular complexity index is 657. The number of hydrogen-bond donors (Lipinski definition) is 0. The van der Waals surface area contributed by atoms with E-state index in [1.54, 1.807) is 23.7 Å². The second-order valence-corrected chi connectivity index (χ2v) is 5.16. The molecule has 0 saturated carbocycles. The van der Waals surface area contributed by atoms with Crippen LogP contribution in [0, 0.1) is 0 Å². The first-order valence-electron chi connectivity index (χ1n) is 4.62. The summed E-state index contributed by atoms with van der Waals surface area (Å²) in [4.78, 5) is 19.8. The van der Waals surface area contributed by atoms with Gasteiger partial charge in [-0.25, -0.2) is 4.98 Å². The van der Waals surface area contributed by atoms with Crippen LogP contribution in [0.25, 0.3) is 20.8 Å². The lowest BCUT2D eigenvalue weighted by Gasteiger charge is -1.96. The van der Waals surface area contributed by atoms with Crippen LogP contribution in [0.4, 0.5) is 0 Å². The van der Waals surface area contributed by atoms with E-state index in [0.29, 0.717) is 4.88 Å². The topological polar surface area (TPSA) is 42.9 Å². The number of rotatable bonds is 2. The largest absolute Gasteiger partial charge is 0.297 e. The first-order chi connectivity index (χ1) is 7.88. The molecule has 0 radical (unpaired) electrons. The third-order valence-electron chi connectivity index (χ3n) is 2.21. The van der Waals surface area contributed by atoms with Crippen molar-refractivity contribution >= 4 is 39.0 Å². The molecule has 0 N–H and O–H groups in total. The number of carbonyl (C=O) groups excluding carboxylic acids is 1. The van der Waals surface area contributed by atoms with Crippen LogP contribution in [0.2, 0.25) is 0 Å². The average Bonchev–Trinajstić information content (AvgIpc) is 2.97. The van der Waals surface area contributed by atoms with Gasteiger partial charge in [-0.3, -0.25) is 9.78 Å². The minimum absolute atomic E-state index is 0.630. The van der Waals surface area contributed by atoms with Gasteiger partial charge in [-0.05, 0) is 22.9 Å². The molecule has 0 atom stereocenters. The van der Waals surface area contributed by atoms with Crippen molar-refractivity contribution < 1.29 is 4.79 Å². The number of carbonyl (C=O) groups is 1. The van der Waals surface area contributed by atoms with E-state index in [1.807, 2.05) is 11.4 Å². The van der Waals surface area contributed by atoms with E-state index >= 15 is 0 Å². The van der Waals surface area contributed by atoms with E-state index < -0.39 is 0 Å². The molecule has 3 nitrogen and oxygen atoms in total. The fourth-order valence-corrected chi connectivity index (χ4v) is 3.18. The maximum absolute atomic E-state index is 10.6. The van der Waals surface area contributed by atoms with E-state index in [2.05, 4.69) is 16.0 Å². The standard InChI is InChI=1S/C11H6N2OS2/c14-6-8-5-13-11(16-8)9-10-7(1-3-12-9)2-4-15-10/h1-6H. The van der Waals surface area contributed by atoms with E-state index in [4.69, 9.17) is 0 Å². The zero-order valence-corrected chi connectivity index (χ0v) is 9.72.